The molecule has 4 rings (SSSR count). The zero-order valence-electron chi connectivity index (χ0n) is 17.7. The van der Waals surface area contributed by atoms with Gasteiger partial charge in [-0.25, -0.2) is 0 Å². The molecule has 6 nitrogen and oxygen atoms in total. The fraction of sp³-hybridized carbons (Fsp3) is 0.375. The minimum absolute atomic E-state index is 0.219. The minimum atomic E-state index is -0.247. The Labute approximate surface area is 177 Å². The summed E-state index contributed by atoms with van der Waals surface area (Å²) in [6.45, 7) is 6.20. The number of hydrogen-bond acceptors (Lipinski definition) is 5. The van der Waals surface area contributed by atoms with Crippen molar-refractivity contribution in [1.29, 1.82) is 0 Å². The average molecular weight is 405 g/mol. The first-order valence-electron chi connectivity index (χ1n) is 10.4. The smallest absolute Gasteiger partial charge is 0.278 e. The van der Waals surface area contributed by atoms with Crippen molar-refractivity contribution in [2.45, 2.75) is 26.8 Å². The number of rotatable bonds is 5. The van der Waals surface area contributed by atoms with Gasteiger partial charge in [-0.3, -0.25) is 19.5 Å². The molecule has 2 amide bonds. The number of piperidine rings is 1. The molecule has 2 aliphatic rings. The number of likely N-dealkylation sites (tertiary alicyclic amines) is 1. The molecule has 2 unspecified atom stereocenters. The van der Waals surface area contributed by atoms with Crippen LogP contribution in [0.2, 0.25) is 0 Å². The second-order valence-electron chi connectivity index (χ2n) is 8.36. The topological polar surface area (TPSA) is 62.7 Å². The second-order valence-corrected chi connectivity index (χ2v) is 8.36. The molecule has 1 saturated heterocycles. The summed E-state index contributed by atoms with van der Waals surface area (Å²) in [4.78, 5) is 34.5. The van der Waals surface area contributed by atoms with Crippen molar-refractivity contribution in [2.24, 2.45) is 11.8 Å². The summed E-state index contributed by atoms with van der Waals surface area (Å²) in [7, 11) is 1.61. The maximum atomic E-state index is 13.5. The number of ether oxygens (including phenoxy) is 1. The molecule has 2 aromatic rings. The lowest BCUT2D eigenvalue weighted by Crippen LogP contribution is -2.41. The first kappa shape index (κ1) is 20.1. The van der Waals surface area contributed by atoms with Crippen molar-refractivity contribution in [3.8, 4) is 5.75 Å². The van der Waals surface area contributed by atoms with Gasteiger partial charge in [0.2, 0.25) is 0 Å². The molecular formula is C24H27N3O3. The van der Waals surface area contributed by atoms with Gasteiger partial charge in [0.25, 0.3) is 11.8 Å². The zero-order chi connectivity index (χ0) is 21.3. The molecule has 0 bridgehead atoms. The predicted octanol–water partition coefficient (Wildman–Crippen LogP) is 3.35. The third-order valence-electron chi connectivity index (χ3n) is 5.80. The van der Waals surface area contributed by atoms with E-state index in [1.165, 1.54) is 4.90 Å². The van der Waals surface area contributed by atoms with Crippen LogP contribution in [0.1, 0.15) is 31.4 Å². The van der Waals surface area contributed by atoms with Crippen molar-refractivity contribution < 1.29 is 14.3 Å². The molecule has 1 aromatic carbocycles. The number of aromatic nitrogens is 1. The van der Waals surface area contributed by atoms with E-state index >= 15 is 0 Å². The average Bonchev–Trinajstić information content (AvgIpc) is 2.98. The third kappa shape index (κ3) is 3.82. The highest BCUT2D eigenvalue weighted by Gasteiger charge is 2.42. The number of imide groups is 1. The largest absolute Gasteiger partial charge is 0.497 e. The molecule has 0 saturated carbocycles. The van der Waals surface area contributed by atoms with Gasteiger partial charge in [0.15, 0.2) is 0 Å². The van der Waals surface area contributed by atoms with Crippen LogP contribution >= 0.6 is 0 Å². The number of nitrogens with zero attached hydrogens (tertiary/aromatic N) is 3. The summed E-state index contributed by atoms with van der Waals surface area (Å²) in [5.74, 6) is 1.18. The van der Waals surface area contributed by atoms with Gasteiger partial charge in [-0.2, -0.15) is 0 Å². The summed E-state index contributed by atoms with van der Waals surface area (Å²) in [6, 6.07) is 11.0. The van der Waals surface area contributed by atoms with Crippen LogP contribution in [-0.2, 0) is 16.1 Å². The molecule has 156 valence electrons. The van der Waals surface area contributed by atoms with Crippen LogP contribution in [0, 0.1) is 11.8 Å². The lowest BCUT2D eigenvalue weighted by atomic mass is 9.91. The normalized spacial score (nSPS) is 22.1. The van der Waals surface area contributed by atoms with E-state index in [2.05, 4.69) is 23.7 Å². The number of carbonyl (C=O) groups is 2. The standard InChI is InChI=1S/C24H27N3O3/c1-16-12-17(2)14-26(13-16)22-21(19-4-6-20(30-3)7-5-19)23(28)27(24(22)29)15-18-8-10-25-11-9-18/h4-11,16-17H,12-15H2,1-3H3. The Kier molecular flexibility index (Phi) is 5.57. The van der Waals surface area contributed by atoms with Crippen molar-refractivity contribution in [2.75, 3.05) is 20.2 Å². The van der Waals surface area contributed by atoms with E-state index in [-0.39, 0.29) is 18.4 Å². The van der Waals surface area contributed by atoms with Crippen molar-refractivity contribution in [3.63, 3.8) is 0 Å². The Hall–Kier alpha value is -3.15. The molecule has 0 radical (unpaired) electrons. The molecular weight excluding hydrogens is 378 g/mol. The minimum Gasteiger partial charge on any atom is -0.497 e. The van der Waals surface area contributed by atoms with E-state index < -0.39 is 0 Å². The van der Waals surface area contributed by atoms with Crippen molar-refractivity contribution in [3.05, 3.63) is 65.6 Å². The second kappa shape index (κ2) is 8.30. The number of carbonyl (C=O) groups excluding carboxylic acids is 2. The van der Waals surface area contributed by atoms with Crippen LogP contribution in [0.15, 0.2) is 54.5 Å². The van der Waals surface area contributed by atoms with Crippen LogP contribution in [0.4, 0.5) is 0 Å². The monoisotopic (exact) mass is 405 g/mol. The van der Waals surface area contributed by atoms with E-state index in [1.807, 2.05) is 36.4 Å². The molecule has 1 fully saturated rings. The number of methoxy groups -OCH3 is 1. The number of pyridine rings is 1. The summed E-state index contributed by atoms with van der Waals surface area (Å²) < 4.78 is 5.26. The molecule has 2 atom stereocenters. The number of amides is 2. The van der Waals surface area contributed by atoms with Gasteiger partial charge in [0.1, 0.15) is 11.4 Å². The highest BCUT2D eigenvalue weighted by atomic mass is 16.5. The van der Waals surface area contributed by atoms with Gasteiger partial charge in [0.05, 0.1) is 19.2 Å². The highest BCUT2D eigenvalue weighted by Crippen LogP contribution is 2.36. The Bertz CT molecular complexity index is 959. The van der Waals surface area contributed by atoms with Gasteiger partial charge in [-0.1, -0.05) is 26.0 Å². The fourth-order valence-corrected chi connectivity index (χ4v) is 4.53. The Morgan fingerprint density at radius 2 is 1.60 bits per heavy atom. The number of benzene rings is 1. The van der Waals surface area contributed by atoms with E-state index in [0.717, 1.165) is 30.6 Å². The number of hydrogen-bond donors (Lipinski definition) is 0. The van der Waals surface area contributed by atoms with Crippen molar-refractivity contribution in [1.82, 2.24) is 14.8 Å². The quantitative estimate of drug-likeness (QED) is 0.714. The molecule has 1 aromatic heterocycles. The van der Waals surface area contributed by atoms with Crippen LogP contribution in [0.5, 0.6) is 5.75 Å². The van der Waals surface area contributed by atoms with Crippen LogP contribution in [0.3, 0.4) is 0 Å². The van der Waals surface area contributed by atoms with Gasteiger partial charge in [-0.15, -0.1) is 0 Å². The molecule has 3 heterocycles. The van der Waals surface area contributed by atoms with Gasteiger partial charge in [0, 0.05) is 25.5 Å². The predicted molar refractivity (Wildman–Crippen MR) is 114 cm³/mol. The van der Waals surface area contributed by atoms with Crippen molar-refractivity contribution >= 4 is 17.4 Å². The van der Waals surface area contributed by atoms with E-state index in [9.17, 15) is 9.59 Å². The maximum Gasteiger partial charge on any atom is 0.278 e. The Morgan fingerprint density at radius 1 is 0.967 bits per heavy atom. The summed E-state index contributed by atoms with van der Waals surface area (Å²) >= 11 is 0. The lowest BCUT2D eigenvalue weighted by molar-refractivity contribution is -0.138. The van der Waals surface area contributed by atoms with Gasteiger partial charge < -0.3 is 9.64 Å². The third-order valence-corrected chi connectivity index (χ3v) is 5.80. The zero-order valence-corrected chi connectivity index (χ0v) is 17.7. The van der Waals surface area contributed by atoms with E-state index in [1.54, 1.807) is 19.5 Å². The van der Waals surface area contributed by atoms with Gasteiger partial charge >= 0.3 is 0 Å². The molecule has 6 heteroatoms. The maximum absolute atomic E-state index is 13.5. The first-order valence-corrected chi connectivity index (χ1v) is 10.4. The lowest BCUT2D eigenvalue weighted by Gasteiger charge is -2.37. The van der Waals surface area contributed by atoms with Crippen LogP contribution in [-0.4, -0.2) is 46.8 Å². The van der Waals surface area contributed by atoms with Gasteiger partial charge in [-0.05, 0) is 53.6 Å². The fourth-order valence-electron chi connectivity index (χ4n) is 4.53. The molecule has 0 aliphatic carbocycles. The SMILES string of the molecule is COc1ccc(C2=C(N3CC(C)CC(C)C3)C(=O)N(Cc3ccncc3)C2=O)cc1. The molecule has 0 spiro atoms. The van der Waals surface area contributed by atoms with E-state index in [0.29, 0.717) is 28.9 Å². The molecule has 30 heavy (non-hydrogen) atoms. The highest BCUT2D eigenvalue weighted by molar-refractivity contribution is 6.35. The summed E-state index contributed by atoms with van der Waals surface area (Å²) in [5.41, 5.74) is 2.63. The van der Waals surface area contributed by atoms with E-state index in [4.69, 9.17) is 4.74 Å². The van der Waals surface area contributed by atoms with Crippen LogP contribution in [0.25, 0.3) is 5.57 Å². The Balaban J connectivity index is 1.75. The summed E-state index contributed by atoms with van der Waals surface area (Å²) in [5, 5.41) is 0. The Morgan fingerprint density at radius 3 is 2.20 bits per heavy atom. The van der Waals surface area contributed by atoms with Crippen LogP contribution < -0.4 is 4.74 Å². The molecule has 0 N–H and O–H groups in total. The first-order chi connectivity index (χ1) is 14.5. The molecule has 2 aliphatic heterocycles. The summed E-state index contributed by atoms with van der Waals surface area (Å²) in [6.07, 6.45) is 4.48.